The van der Waals surface area contributed by atoms with E-state index >= 15 is 0 Å². The highest BCUT2D eigenvalue weighted by molar-refractivity contribution is 7.89. The van der Waals surface area contributed by atoms with Gasteiger partial charge in [0.15, 0.2) is 0 Å². The highest BCUT2D eigenvalue weighted by Gasteiger charge is 2.38. The van der Waals surface area contributed by atoms with Gasteiger partial charge >= 0.3 is 13.7 Å². The number of methoxy groups -OCH3 is 1. The van der Waals surface area contributed by atoms with Gasteiger partial charge in [0.05, 0.1) is 43.0 Å². The van der Waals surface area contributed by atoms with Gasteiger partial charge < -0.3 is 33.3 Å². The van der Waals surface area contributed by atoms with Gasteiger partial charge in [-0.1, -0.05) is 70.4 Å². The predicted molar refractivity (Wildman–Crippen MR) is 209 cm³/mol. The van der Waals surface area contributed by atoms with Gasteiger partial charge in [-0.2, -0.15) is 4.31 Å². The molecule has 0 aliphatic rings. The monoisotopic (exact) mass is 784 g/mol. The summed E-state index contributed by atoms with van der Waals surface area (Å²) in [5.74, 6) is 0.506. The Morgan fingerprint density at radius 2 is 1.42 bits per heavy atom. The van der Waals surface area contributed by atoms with E-state index in [-0.39, 0.29) is 37.5 Å². The Morgan fingerprint density at radius 1 is 0.849 bits per heavy atom. The molecule has 2 atom stereocenters. The van der Waals surface area contributed by atoms with Gasteiger partial charge in [0.2, 0.25) is 10.0 Å². The molecule has 14 heteroatoms. The Kier molecular flexibility index (Phi) is 20.0. The fourth-order valence-electron chi connectivity index (χ4n) is 5.15. The third-order valence-corrected chi connectivity index (χ3v) is 11.5. The van der Waals surface area contributed by atoms with Crippen LogP contribution in [0.1, 0.15) is 99.5 Å². The van der Waals surface area contributed by atoms with Gasteiger partial charge in [-0.05, 0) is 90.1 Å². The fraction of sp³-hybridized carbons (Fsp3) is 0.667. The Hall–Kier alpha value is -2.51. The average Bonchev–Trinajstić information content (AvgIpc) is 3.09. The van der Waals surface area contributed by atoms with Crippen LogP contribution in [0.15, 0.2) is 59.5 Å². The lowest BCUT2D eigenvalue weighted by Gasteiger charge is -2.37. The molecule has 12 nitrogen and oxygen atoms in total. The minimum atomic E-state index is -4.20. The molecule has 0 aliphatic heterocycles. The van der Waals surface area contributed by atoms with E-state index in [1.165, 1.54) is 23.5 Å². The van der Waals surface area contributed by atoms with E-state index in [1.807, 2.05) is 51.1 Å². The number of alkyl carbamates (subject to hydrolysis) is 1. The van der Waals surface area contributed by atoms with Crippen LogP contribution in [0.5, 0.6) is 5.75 Å². The number of carbonyl (C=O) groups is 1. The Bertz CT molecular complexity index is 1470. The number of unbranched alkanes of at least 4 members (excludes halogenated alkanes) is 3. The van der Waals surface area contributed by atoms with Crippen LogP contribution in [-0.4, -0.2) is 88.5 Å². The molecule has 0 bridgehead atoms. The second-order valence-corrected chi connectivity index (χ2v) is 18.6. The fourth-order valence-corrected chi connectivity index (χ4v) is 8.30. The van der Waals surface area contributed by atoms with Crippen molar-refractivity contribution in [2.75, 3.05) is 46.4 Å². The van der Waals surface area contributed by atoms with Crippen LogP contribution in [0.25, 0.3) is 0 Å². The second kappa shape index (κ2) is 22.8. The first kappa shape index (κ1) is 46.6. The summed E-state index contributed by atoms with van der Waals surface area (Å²) in [6, 6.07) is 15.1. The zero-order valence-electron chi connectivity index (χ0n) is 33.4. The zero-order valence-corrected chi connectivity index (χ0v) is 35.1. The first-order valence-electron chi connectivity index (χ1n) is 18.8. The van der Waals surface area contributed by atoms with Crippen molar-refractivity contribution in [3.05, 3.63) is 60.2 Å². The first-order valence-corrected chi connectivity index (χ1v) is 22.0. The normalized spacial score (nSPS) is 13.8. The molecule has 0 aliphatic carbocycles. The molecular weight excluding hydrogens is 719 g/mol. The first-order chi connectivity index (χ1) is 25.0. The van der Waals surface area contributed by atoms with Crippen LogP contribution in [0.2, 0.25) is 0 Å². The number of carbonyl (C=O) groups excluding carboxylic acids is 1. The number of nitrogens with one attached hydrogen (secondary N) is 1. The molecule has 53 heavy (non-hydrogen) atoms. The van der Waals surface area contributed by atoms with Gasteiger partial charge in [0.1, 0.15) is 17.7 Å². The van der Waals surface area contributed by atoms with Crippen molar-refractivity contribution >= 4 is 23.7 Å². The molecule has 302 valence electrons. The number of amides is 1. The maximum atomic E-state index is 14.6. The Labute approximate surface area is 319 Å². The second-order valence-electron chi connectivity index (χ2n) is 14.7. The van der Waals surface area contributed by atoms with Crippen molar-refractivity contribution in [1.29, 1.82) is 0 Å². The summed E-state index contributed by atoms with van der Waals surface area (Å²) in [5.41, 5.74) is -1.00. The molecule has 0 spiro atoms. The predicted octanol–water partition coefficient (Wildman–Crippen LogP) is 8.59. The number of ether oxygens (including phenoxy) is 4. The molecule has 0 saturated carbocycles. The summed E-state index contributed by atoms with van der Waals surface area (Å²) in [7, 11) is -6.34. The van der Waals surface area contributed by atoms with E-state index in [1.54, 1.807) is 46.8 Å². The third kappa shape index (κ3) is 17.7. The number of benzene rings is 2. The maximum Gasteiger partial charge on any atom is 0.407 e. The highest BCUT2D eigenvalue weighted by Crippen LogP contribution is 2.49. The van der Waals surface area contributed by atoms with E-state index < -0.39 is 47.1 Å². The number of nitrogens with zero attached hydrogens (tertiary/aromatic N) is 1. The standard InChI is InChI=1S/C39H65N2O10PS/c1-10-13-25-47-36(35(28-32-19-17-16-18-20-32)40-37(42)51-38(4,5)6)29-41(53(44,45)34-23-21-33(46-9)22-24-34)30-39(7,8)48-31-52(43,49-26-14-11-2)50-27-15-12-3/h16-24,35-36H,10-15,25-31H2,1-9H3,(H,40,42). The summed E-state index contributed by atoms with van der Waals surface area (Å²) in [4.78, 5) is 13.3. The van der Waals surface area contributed by atoms with Crippen molar-refractivity contribution in [1.82, 2.24) is 9.62 Å². The number of hydrogen-bond donors (Lipinski definition) is 1. The van der Waals surface area contributed by atoms with Gasteiger partial charge in [-0.15, -0.1) is 0 Å². The quantitative estimate of drug-likeness (QED) is 0.0729. The molecule has 0 heterocycles. The lowest BCUT2D eigenvalue weighted by atomic mass is 10.0. The molecule has 0 saturated heterocycles. The van der Waals surface area contributed by atoms with Crippen molar-refractivity contribution in [2.24, 2.45) is 0 Å². The lowest BCUT2D eigenvalue weighted by Crippen LogP contribution is -2.54. The highest BCUT2D eigenvalue weighted by atomic mass is 32.2. The minimum Gasteiger partial charge on any atom is -0.497 e. The summed E-state index contributed by atoms with van der Waals surface area (Å²) >= 11 is 0. The topological polar surface area (TPSA) is 139 Å². The molecule has 2 aromatic rings. The van der Waals surface area contributed by atoms with E-state index in [2.05, 4.69) is 5.32 Å². The molecule has 0 aromatic heterocycles. The number of sulfonamides is 1. The SMILES string of the molecule is CCCCOC(CN(CC(C)(C)OCP(=O)(OCCCC)OCCCC)S(=O)(=O)c1ccc(OC)cc1)C(Cc1ccccc1)NC(=O)OC(C)(C)C. The molecule has 1 N–H and O–H groups in total. The zero-order chi connectivity index (χ0) is 39.5. The van der Waals surface area contributed by atoms with E-state index in [4.69, 9.17) is 28.0 Å². The Morgan fingerprint density at radius 3 is 1.94 bits per heavy atom. The van der Waals surface area contributed by atoms with E-state index in [9.17, 15) is 17.8 Å². The number of hydrogen-bond acceptors (Lipinski definition) is 10. The largest absolute Gasteiger partial charge is 0.497 e. The van der Waals surface area contributed by atoms with Crippen LogP contribution < -0.4 is 10.1 Å². The Balaban J connectivity index is 2.58. The van der Waals surface area contributed by atoms with Crippen LogP contribution in [0.4, 0.5) is 4.79 Å². The van der Waals surface area contributed by atoms with Crippen LogP contribution >= 0.6 is 7.60 Å². The summed E-state index contributed by atoms with van der Waals surface area (Å²) in [5, 5.41) is 2.99. The van der Waals surface area contributed by atoms with Gasteiger partial charge in [-0.3, -0.25) is 4.57 Å². The van der Waals surface area contributed by atoms with Crippen LogP contribution in [0.3, 0.4) is 0 Å². The molecular formula is C39H65N2O10PS. The lowest BCUT2D eigenvalue weighted by molar-refractivity contribution is -0.0304. The van der Waals surface area contributed by atoms with Crippen molar-refractivity contribution in [2.45, 2.75) is 129 Å². The molecule has 2 rings (SSSR count). The van der Waals surface area contributed by atoms with Crippen molar-refractivity contribution < 1.29 is 45.8 Å². The molecule has 2 aromatic carbocycles. The number of rotatable bonds is 26. The van der Waals surface area contributed by atoms with Crippen LogP contribution in [0, 0.1) is 0 Å². The third-order valence-electron chi connectivity index (χ3n) is 8.10. The van der Waals surface area contributed by atoms with Gasteiger partial charge in [-0.25, -0.2) is 13.2 Å². The van der Waals surface area contributed by atoms with Crippen LogP contribution in [-0.2, 0) is 44.3 Å². The molecule has 0 radical (unpaired) electrons. The average molecular weight is 785 g/mol. The van der Waals surface area contributed by atoms with Gasteiger partial charge in [0, 0.05) is 19.7 Å². The smallest absolute Gasteiger partial charge is 0.407 e. The molecule has 2 unspecified atom stereocenters. The summed E-state index contributed by atoms with van der Waals surface area (Å²) in [6.45, 7) is 15.4. The van der Waals surface area contributed by atoms with Crippen molar-refractivity contribution in [3.63, 3.8) is 0 Å². The summed E-state index contributed by atoms with van der Waals surface area (Å²) in [6.07, 6.45) is 3.26. The van der Waals surface area contributed by atoms with E-state index in [0.29, 0.717) is 31.6 Å². The van der Waals surface area contributed by atoms with E-state index in [0.717, 1.165) is 31.2 Å². The minimum absolute atomic E-state index is 0.0394. The summed E-state index contributed by atoms with van der Waals surface area (Å²) < 4.78 is 79.4. The van der Waals surface area contributed by atoms with Gasteiger partial charge in [0.25, 0.3) is 0 Å². The molecule has 0 fully saturated rings. The maximum absolute atomic E-state index is 14.6. The molecule has 1 amide bonds. The van der Waals surface area contributed by atoms with Crippen molar-refractivity contribution in [3.8, 4) is 5.75 Å².